The van der Waals surface area contributed by atoms with Gasteiger partial charge in [0.2, 0.25) is 0 Å². The molecular formula is C15H18N4O2. The molecule has 0 atom stereocenters. The summed E-state index contributed by atoms with van der Waals surface area (Å²) in [5.41, 5.74) is 7.71. The van der Waals surface area contributed by atoms with Crippen molar-refractivity contribution in [2.24, 2.45) is 7.05 Å². The Morgan fingerprint density at radius 1 is 1.24 bits per heavy atom. The van der Waals surface area contributed by atoms with Crippen molar-refractivity contribution in [3.63, 3.8) is 0 Å². The Hall–Kier alpha value is -2.63. The van der Waals surface area contributed by atoms with E-state index in [1.807, 2.05) is 6.92 Å². The van der Waals surface area contributed by atoms with Crippen LogP contribution >= 0.6 is 0 Å². The molecule has 6 nitrogen and oxygen atoms in total. The SMILES string of the molecule is CCCc1cc(C(=O)NC(=O)c2ccc(N)cc2)n(C)n1. The van der Waals surface area contributed by atoms with Gasteiger partial charge in [-0.3, -0.25) is 19.6 Å². The molecule has 2 aromatic rings. The summed E-state index contributed by atoms with van der Waals surface area (Å²) in [7, 11) is 1.68. The number of hydrogen-bond donors (Lipinski definition) is 2. The highest BCUT2D eigenvalue weighted by atomic mass is 16.2. The van der Waals surface area contributed by atoms with E-state index in [0.29, 0.717) is 16.9 Å². The Morgan fingerprint density at radius 3 is 2.52 bits per heavy atom. The summed E-state index contributed by atoms with van der Waals surface area (Å²) in [6.07, 6.45) is 1.75. The van der Waals surface area contributed by atoms with E-state index >= 15 is 0 Å². The maximum Gasteiger partial charge on any atom is 0.276 e. The minimum Gasteiger partial charge on any atom is -0.399 e. The van der Waals surface area contributed by atoms with Crippen LogP contribution in [0.5, 0.6) is 0 Å². The molecule has 0 bridgehead atoms. The van der Waals surface area contributed by atoms with Gasteiger partial charge in [-0.25, -0.2) is 0 Å². The van der Waals surface area contributed by atoms with Gasteiger partial charge in [0.15, 0.2) is 0 Å². The van der Waals surface area contributed by atoms with Gasteiger partial charge >= 0.3 is 0 Å². The van der Waals surface area contributed by atoms with E-state index in [1.54, 1.807) is 37.4 Å². The number of anilines is 1. The lowest BCUT2D eigenvalue weighted by Gasteiger charge is -2.04. The number of nitrogens with two attached hydrogens (primary N) is 1. The van der Waals surface area contributed by atoms with Gasteiger partial charge in [-0.2, -0.15) is 5.10 Å². The van der Waals surface area contributed by atoms with Gasteiger partial charge in [-0.15, -0.1) is 0 Å². The highest BCUT2D eigenvalue weighted by Crippen LogP contribution is 2.08. The fourth-order valence-electron chi connectivity index (χ4n) is 1.99. The van der Waals surface area contributed by atoms with E-state index in [-0.39, 0.29) is 0 Å². The number of nitrogens with one attached hydrogen (secondary N) is 1. The van der Waals surface area contributed by atoms with Crippen LogP contribution in [-0.4, -0.2) is 21.6 Å². The van der Waals surface area contributed by atoms with Crippen molar-refractivity contribution in [3.8, 4) is 0 Å². The molecular weight excluding hydrogens is 268 g/mol. The first-order valence-corrected chi connectivity index (χ1v) is 6.75. The molecule has 0 aliphatic heterocycles. The third-order valence-corrected chi connectivity index (χ3v) is 3.07. The molecule has 0 fully saturated rings. The van der Waals surface area contributed by atoms with Crippen molar-refractivity contribution >= 4 is 17.5 Å². The molecule has 1 heterocycles. The maximum atomic E-state index is 12.1. The number of nitrogens with zero attached hydrogens (tertiary/aromatic N) is 2. The zero-order valence-electron chi connectivity index (χ0n) is 12.1. The van der Waals surface area contributed by atoms with Crippen molar-refractivity contribution in [2.45, 2.75) is 19.8 Å². The lowest BCUT2D eigenvalue weighted by Crippen LogP contribution is -2.31. The molecule has 0 unspecified atom stereocenters. The molecule has 2 amide bonds. The molecule has 21 heavy (non-hydrogen) atoms. The number of carbonyl (C=O) groups excluding carboxylic acids is 2. The molecule has 110 valence electrons. The molecule has 3 N–H and O–H groups in total. The van der Waals surface area contributed by atoms with Gasteiger partial charge < -0.3 is 5.73 Å². The second-order valence-electron chi connectivity index (χ2n) is 4.80. The molecule has 6 heteroatoms. The van der Waals surface area contributed by atoms with E-state index in [2.05, 4.69) is 10.4 Å². The minimum absolute atomic E-state index is 0.363. The van der Waals surface area contributed by atoms with Crippen LogP contribution in [0, 0.1) is 0 Å². The molecule has 1 aromatic heterocycles. The Kier molecular flexibility index (Phi) is 4.37. The predicted molar refractivity (Wildman–Crippen MR) is 79.9 cm³/mol. The van der Waals surface area contributed by atoms with Gasteiger partial charge in [0, 0.05) is 18.3 Å². The summed E-state index contributed by atoms with van der Waals surface area (Å²) in [6, 6.07) is 8.08. The number of aromatic nitrogens is 2. The predicted octanol–water partition coefficient (Wildman–Crippen LogP) is 1.53. The molecule has 0 aliphatic carbocycles. The number of hydrogen-bond acceptors (Lipinski definition) is 4. The zero-order chi connectivity index (χ0) is 15.4. The lowest BCUT2D eigenvalue weighted by molar-refractivity contribution is 0.0844. The summed E-state index contributed by atoms with van der Waals surface area (Å²) in [6.45, 7) is 2.04. The van der Waals surface area contributed by atoms with E-state index in [0.717, 1.165) is 18.5 Å². The van der Waals surface area contributed by atoms with Crippen LogP contribution in [0.25, 0.3) is 0 Å². The monoisotopic (exact) mass is 286 g/mol. The van der Waals surface area contributed by atoms with Crippen LogP contribution in [0.4, 0.5) is 5.69 Å². The van der Waals surface area contributed by atoms with Crippen LogP contribution in [0.15, 0.2) is 30.3 Å². The summed E-state index contributed by atoms with van der Waals surface area (Å²) in [5, 5.41) is 6.59. The molecule has 0 aliphatic rings. The Bertz CT molecular complexity index is 659. The highest BCUT2D eigenvalue weighted by Gasteiger charge is 2.16. The number of amides is 2. The number of aryl methyl sites for hydroxylation is 2. The van der Waals surface area contributed by atoms with Crippen LogP contribution in [0.1, 0.15) is 39.9 Å². The van der Waals surface area contributed by atoms with Crippen LogP contribution in [-0.2, 0) is 13.5 Å². The Labute approximate surface area is 122 Å². The summed E-state index contributed by atoms with van der Waals surface area (Å²) >= 11 is 0. The summed E-state index contributed by atoms with van der Waals surface area (Å²) in [4.78, 5) is 24.1. The fourth-order valence-corrected chi connectivity index (χ4v) is 1.99. The maximum absolute atomic E-state index is 12.1. The molecule has 1 aromatic carbocycles. The van der Waals surface area contributed by atoms with Crippen molar-refractivity contribution in [2.75, 3.05) is 5.73 Å². The third kappa shape index (κ3) is 3.47. The molecule has 0 saturated carbocycles. The molecule has 0 radical (unpaired) electrons. The fraction of sp³-hybridized carbons (Fsp3) is 0.267. The van der Waals surface area contributed by atoms with Crippen LogP contribution in [0.2, 0.25) is 0 Å². The van der Waals surface area contributed by atoms with Crippen LogP contribution in [0.3, 0.4) is 0 Å². The second kappa shape index (κ2) is 6.21. The van der Waals surface area contributed by atoms with E-state index in [1.165, 1.54) is 4.68 Å². The van der Waals surface area contributed by atoms with Gasteiger partial charge in [0.25, 0.3) is 11.8 Å². The molecule has 0 spiro atoms. The van der Waals surface area contributed by atoms with Crippen molar-refractivity contribution in [1.29, 1.82) is 0 Å². The molecule has 2 rings (SSSR count). The normalized spacial score (nSPS) is 10.4. The largest absolute Gasteiger partial charge is 0.399 e. The Balaban J connectivity index is 2.10. The van der Waals surface area contributed by atoms with Gasteiger partial charge in [0.05, 0.1) is 5.69 Å². The third-order valence-electron chi connectivity index (χ3n) is 3.07. The van der Waals surface area contributed by atoms with Gasteiger partial charge in [0.1, 0.15) is 5.69 Å². The molecule has 0 saturated heterocycles. The highest BCUT2D eigenvalue weighted by molar-refractivity contribution is 6.09. The summed E-state index contributed by atoms with van der Waals surface area (Å²) in [5.74, 6) is -0.924. The number of rotatable bonds is 4. The average Bonchev–Trinajstić information content (AvgIpc) is 2.81. The first-order valence-electron chi connectivity index (χ1n) is 6.75. The number of carbonyl (C=O) groups is 2. The zero-order valence-corrected chi connectivity index (χ0v) is 12.1. The van der Waals surface area contributed by atoms with Crippen molar-refractivity contribution in [1.82, 2.24) is 15.1 Å². The minimum atomic E-state index is -0.464. The Morgan fingerprint density at radius 2 is 1.90 bits per heavy atom. The first-order chi connectivity index (χ1) is 10.0. The van der Waals surface area contributed by atoms with E-state index in [9.17, 15) is 9.59 Å². The second-order valence-corrected chi connectivity index (χ2v) is 4.80. The smallest absolute Gasteiger partial charge is 0.276 e. The van der Waals surface area contributed by atoms with Gasteiger partial charge in [-0.1, -0.05) is 13.3 Å². The topological polar surface area (TPSA) is 90.0 Å². The summed E-state index contributed by atoms with van der Waals surface area (Å²) < 4.78 is 1.48. The van der Waals surface area contributed by atoms with Gasteiger partial charge in [-0.05, 0) is 36.8 Å². The van der Waals surface area contributed by atoms with Crippen molar-refractivity contribution < 1.29 is 9.59 Å². The standard InChI is InChI=1S/C15H18N4O2/c1-3-4-12-9-13(19(2)18-12)15(21)17-14(20)10-5-7-11(16)8-6-10/h5-9H,3-4,16H2,1-2H3,(H,17,20,21). The lowest BCUT2D eigenvalue weighted by atomic mass is 10.2. The average molecular weight is 286 g/mol. The number of imide groups is 1. The van der Waals surface area contributed by atoms with Crippen LogP contribution < -0.4 is 11.1 Å². The number of benzene rings is 1. The van der Waals surface area contributed by atoms with E-state index < -0.39 is 11.8 Å². The van der Waals surface area contributed by atoms with E-state index in [4.69, 9.17) is 5.73 Å². The first kappa shape index (κ1) is 14.8. The number of nitrogen functional groups attached to an aromatic ring is 1. The van der Waals surface area contributed by atoms with Crippen molar-refractivity contribution in [3.05, 3.63) is 47.3 Å². The quantitative estimate of drug-likeness (QED) is 0.658.